The SMILES string of the molecule is O=C(NCc1nc2ccccc2[nH]1)c1cnc(Nc2ccccn2)s1. The molecule has 4 aromatic rings. The van der Waals surface area contributed by atoms with Crippen LogP contribution in [-0.4, -0.2) is 25.8 Å². The van der Waals surface area contributed by atoms with E-state index in [0.717, 1.165) is 11.0 Å². The molecular weight excluding hydrogens is 336 g/mol. The lowest BCUT2D eigenvalue weighted by atomic mass is 10.3. The van der Waals surface area contributed by atoms with Crippen LogP contribution in [-0.2, 0) is 6.54 Å². The largest absolute Gasteiger partial charge is 0.344 e. The van der Waals surface area contributed by atoms with Crippen LogP contribution >= 0.6 is 11.3 Å². The molecule has 1 amide bonds. The minimum absolute atomic E-state index is 0.188. The Morgan fingerprint density at radius 3 is 2.84 bits per heavy atom. The Hall–Kier alpha value is -3.26. The molecule has 0 bridgehead atoms. The monoisotopic (exact) mass is 350 g/mol. The molecule has 0 saturated heterocycles. The van der Waals surface area contributed by atoms with Crippen LogP contribution in [0.3, 0.4) is 0 Å². The first-order chi connectivity index (χ1) is 12.3. The number of H-pyrrole nitrogens is 1. The van der Waals surface area contributed by atoms with Gasteiger partial charge in [0.2, 0.25) is 0 Å². The summed E-state index contributed by atoms with van der Waals surface area (Å²) in [7, 11) is 0. The van der Waals surface area contributed by atoms with Gasteiger partial charge in [-0.2, -0.15) is 0 Å². The van der Waals surface area contributed by atoms with E-state index in [1.165, 1.54) is 11.3 Å². The first-order valence-electron chi connectivity index (χ1n) is 7.64. The van der Waals surface area contributed by atoms with Gasteiger partial charge in [-0.1, -0.05) is 29.5 Å². The van der Waals surface area contributed by atoms with Crippen molar-refractivity contribution in [1.82, 2.24) is 25.3 Å². The Labute approximate surface area is 147 Å². The molecular formula is C17H14N6OS. The number of fused-ring (bicyclic) bond motifs is 1. The predicted octanol–water partition coefficient (Wildman–Crippen LogP) is 3.09. The van der Waals surface area contributed by atoms with E-state index in [1.807, 2.05) is 42.5 Å². The van der Waals surface area contributed by atoms with Crippen molar-refractivity contribution >= 4 is 39.2 Å². The summed E-state index contributed by atoms with van der Waals surface area (Å²) >= 11 is 1.27. The molecule has 124 valence electrons. The molecule has 0 atom stereocenters. The highest BCUT2D eigenvalue weighted by Crippen LogP contribution is 2.21. The Balaban J connectivity index is 1.39. The molecule has 0 spiro atoms. The Morgan fingerprint density at radius 2 is 2.00 bits per heavy atom. The van der Waals surface area contributed by atoms with Crippen LogP contribution in [0.1, 0.15) is 15.5 Å². The summed E-state index contributed by atoms with van der Waals surface area (Å²) in [6, 6.07) is 13.3. The zero-order chi connectivity index (χ0) is 17.1. The van der Waals surface area contributed by atoms with E-state index in [9.17, 15) is 4.79 Å². The predicted molar refractivity (Wildman–Crippen MR) is 96.9 cm³/mol. The molecule has 0 aliphatic rings. The summed E-state index contributed by atoms with van der Waals surface area (Å²) in [5.74, 6) is 1.21. The zero-order valence-electron chi connectivity index (χ0n) is 13.1. The normalized spacial score (nSPS) is 10.7. The number of nitrogens with one attached hydrogen (secondary N) is 3. The summed E-state index contributed by atoms with van der Waals surface area (Å²) in [5, 5.41) is 6.53. The average molecular weight is 350 g/mol. The smallest absolute Gasteiger partial charge is 0.263 e. The summed E-state index contributed by atoms with van der Waals surface area (Å²) in [4.78, 5) is 28.8. The molecule has 3 aromatic heterocycles. The second-order valence-electron chi connectivity index (χ2n) is 5.25. The second kappa shape index (κ2) is 6.70. The first-order valence-corrected chi connectivity index (χ1v) is 8.45. The van der Waals surface area contributed by atoms with Crippen LogP contribution in [0, 0.1) is 0 Å². The molecule has 0 aliphatic heterocycles. The molecule has 1 aromatic carbocycles. The first kappa shape index (κ1) is 15.3. The number of rotatable bonds is 5. The van der Waals surface area contributed by atoms with Gasteiger partial charge in [-0.05, 0) is 24.3 Å². The Bertz CT molecular complexity index is 977. The van der Waals surface area contributed by atoms with Crippen LogP contribution in [0.2, 0.25) is 0 Å². The van der Waals surface area contributed by atoms with E-state index in [2.05, 4.69) is 30.6 Å². The van der Waals surface area contributed by atoms with Crippen molar-refractivity contribution in [2.45, 2.75) is 6.54 Å². The highest BCUT2D eigenvalue weighted by molar-refractivity contribution is 7.17. The molecule has 8 heteroatoms. The van der Waals surface area contributed by atoms with Gasteiger partial charge in [0.15, 0.2) is 5.13 Å². The van der Waals surface area contributed by atoms with Crippen molar-refractivity contribution in [3.63, 3.8) is 0 Å². The van der Waals surface area contributed by atoms with Crippen molar-refractivity contribution < 1.29 is 4.79 Å². The summed E-state index contributed by atoms with van der Waals surface area (Å²) < 4.78 is 0. The third-order valence-electron chi connectivity index (χ3n) is 3.48. The van der Waals surface area contributed by atoms with Crippen molar-refractivity contribution in [2.75, 3.05) is 5.32 Å². The lowest BCUT2D eigenvalue weighted by molar-refractivity contribution is 0.0954. The molecule has 0 fully saturated rings. The molecule has 25 heavy (non-hydrogen) atoms. The van der Waals surface area contributed by atoms with Crippen LogP contribution in [0.25, 0.3) is 11.0 Å². The van der Waals surface area contributed by atoms with E-state index in [-0.39, 0.29) is 5.91 Å². The van der Waals surface area contributed by atoms with Gasteiger partial charge in [0.05, 0.1) is 23.8 Å². The van der Waals surface area contributed by atoms with Gasteiger partial charge in [0.1, 0.15) is 16.5 Å². The van der Waals surface area contributed by atoms with Gasteiger partial charge < -0.3 is 15.6 Å². The molecule has 0 radical (unpaired) electrons. The Kier molecular flexibility index (Phi) is 4.09. The lowest BCUT2D eigenvalue weighted by Crippen LogP contribution is -2.22. The number of aromatic amines is 1. The minimum atomic E-state index is -0.188. The van der Waals surface area contributed by atoms with Gasteiger partial charge in [0, 0.05) is 6.20 Å². The highest BCUT2D eigenvalue weighted by atomic mass is 32.1. The highest BCUT2D eigenvalue weighted by Gasteiger charge is 2.12. The van der Waals surface area contributed by atoms with E-state index < -0.39 is 0 Å². The maximum Gasteiger partial charge on any atom is 0.263 e. The van der Waals surface area contributed by atoms with Crippen LogP contribution < -0.4 is 10.6 Å². The number of amides is 1. The number of hydrogen-bond acceptors (Lipinski definition) is 6. The zero-order valence-corrected chi connectivity index (χ0v) is 13.9. The number of anilines is 2. The number of carbonyl (C=O) groups is 1. The number of nitrogens with zero attached hydrogens (tertiary/aromatic N) is 3. The quantitative estimate of drug-likeness (QED) is 0.514. The van der Waals surface area contributed by atoms with E-state index in [4.69, 9.17) is 0 Å². The molecule has 4 rings (SSSR count). The number of imidazole rings is 1. The standard InChI is InChI=1S/C17H14N6OS/c24-16(19-10-15-21-11-5-1-2-6-12(11)22-15)13-9-20-17(25-13)23-14-7-3-4-8-18-14/h1-9H,10H2,(H,19,24)(H,21,22)(H,18,20,23). The fraction of sp³-hybridized carbons (Fsp3) is 0.0588. The lowest BCUT2D eigenvalue weighted by Gasteiger charge is -2.00. The topological polar surface area (TPSA) is 95.6 Å². The van der Waals surface area contributed by atoms with Crippen molar-refractivity contribution in [1.29, 1.82) is 0 Å². The number of pyridine rings is 1. The maximum absolute atomic E-state index is 12.3. The molecule has 0 aliphatic carbocycles. The summed E-state index contributed by atoms with van der Waals surface area (Å²) in [5.41, 5.74) is 1.83. The number of carbonyl (C=O) groups excluding carboxylic acids is 1. The molecule has 7 nitrogen and oxygen atoms in total. The fourth-order valence-electron chi connectivity index (χ4n) is 2.32. The molecule has 0 unspecified atom stereocenters. The molecule has 0 saturated carbocycles. The van der Waals surface area contributed by atoms with Crippen molar-refractivity contribution in [3.8, 4) is 0 Å². The van der Waals surface area contributed by atoms with Gasteiger partial charge in [-0.25, -0.2) is 15.0 Å². The maximum atomic E-state index is 12.3. The van der Waals surface area contributed by atoms with Crippen LogP contribution in [0.4, 0.5) is 10.9 Å². The van der Waals surface area contributed by atoms with Crippen LogP contribution in [0.5, 0.6) is 0 Å². The van der Waals surface area contributed by atoms with E-state index in [0.29, 0.717) is 28.2 Å². The van der Waals surface area contributed by atoms with Crippen molar-refractivity contribution in [3.05, 3.63) is 65.6 Å². The number of benzene rings is 1. The average Bonchev–Trinajstić information content (AvgIpc) is 3.27. The number of para-hydroxylation sites is 2. The van der Waals surface area contributed by atoms with Gasteiger partial charge >= 0.3 is 0 Å². The van der Waals surface area contributed by atoms with Crippen LogP contribution in [0.15, 0.2) is 54.9 Å². The third kappa shape index (κ3) is 3.48. The third-order valence-corrected chi connectivity index (χ3v) is 4.40. The number of aromatic nitrogens is 4. The Morgan fingerprint density at radius 1 is 1.12 bits per heavy atom. The second-order valence-corrected chi connectivity index (χ2v) is 6.28. The molecule has 3 N–H and O–H groups in total. The molecule has 3 heterocycles. The van der Waals surface area contributed by atoms with Gasteiger partial charge in [-0.3, -0.25) is 4.79 Å². The van der Waals surface area contributed by atoms with Gasteiger partial charge in [-0.15, -0.1) is 0 Å². The van der Waals surface area contributed by atoms with E-state index >= 15 is 0 Å². The van der Waals surface area contributed by atoms with Crippen molar-refractivity contribution in [2.24, 2.45) is 0 Å². The fourth-order valence-corrected chi connectivity index (χ4v) is 3.06. The van der Waals surface area contributed by atoms with Gasteiger partial charge in [0.25, 0.3) is 5.91 Å². The number of thiazole rings is 1. The minimum Gasteiger partial charge on any atom is -0.344 e. The number of hydrogen-bond donors (Lipinski definition) is 3. The van der Waals surface area contributed by atoms with E-state index in [1.54, 1.807) is 12.4 Å². The summed E-state index contributed by atoms with van der Waals surface area (Å²) in [6.07, 6.45) is 3.24. The summed E-state index contributed by atoms with van der Waals surface area (Å²) in [6.45, 7) is 0.328.